The van der Waals surface area contributed by atoms with Crippen LogP contribution in [0.1, 0.15) is 5.56 Å². The lowest BCUT2D eigenvalue weighted by atomic mass is 10.1. The summed E-state index contributed by atoms with van der Waals surface area (Å²) in [6.45, 7) is 0. The monoisotopic (exact) mass is 418 g/mol. The van der Waals surface area contributed by atoms with Gasteiger partial charge in [-0.3, -0.25) is 4.79 Å². The molecule has 21 heavy (non-hydrogen) atoms. The van der Waals surface area contributed by atoms with Crippen molar-refractivity contribution in [1.82, 2.24) is 0 Å². The molecule has 0 heterocycles. The second kappa shape index (κ2) is 6.53. The third-order valence-corrected chi connectivity index (χ3v) is 3.96. The first-order valence-corrected chi connectivity index (χ1v) is 7.44. The molecule has 0 spiro atoms. The SMILES string of the molecule is Nc1cc(Br)c(NC(=O)Cc2cccc(F)c2F)c(Br)c1. The van der Waals surface area contributed by atoms with Crippen molar-refractivity contribution < 1.29 is 13.6 Å². The number of hydrogen-bond donors (Lipinski definition) is 2. The number of benzene rings is 2. The van der Waals surface area contributed by atoms with Gasteiger partial charge in [0.15, 0.2) is 11.6 Å². The van der Waals surface area contributed by atoms with Crippen LogP contribution in [0.3, 0.4) is 0 Å². The molecule has 0 saturated heterocycles. The summed E-state index contributed by atoms with van der Waals surface area (Å²) in [6, 6.07) is 6.98. The summed E-state index contributed by atoms with van der Waals surface area (Å²) in [5.74, 6) is -2.45. The number of carbonyl (C=O) groups is 1. The Morgan fingerprint density at radius 3 is 2.43 bits per heavy atom. The Kier molecular flexibility index (Phi) is 4.95. The zero-order chi connectivity index (χ0) is 15.6. The van der Waals surface area contributed by atoms with Crippen molar-refractivity contribution in [2.75, 3.05) is 11.1 Å². The molecule has 0 aliphatic heterocycles. The maximum Gasteiger partial charge on any atom is 0.228 e. The normalized spacial score (nSPS) is 10.5. The zero-order valence-electron chi connectivity index (χ0n) is 10.6. The molecule has 1 amide bonds. The van der Waals surface area contributed by atoms with E-state index < -0.39 is 17.5 Å². The molecule has 0 aromatic heterocycles. The van der Waals surface area contributed by atoms with Crippen molar-refractivity contribution in [2.24, 2.45) is 0 Å². The van der Waals surface area contributed by atoms with E-state index in [1.54, 1.807) is 12.1 Å². The Bertz CT molecular complexity index is 684. The van der Waals surface area contributed by atoms with Crippen LogP contribution in [0.25, 0.3) is 0 Å². The molecule has 0 saturated carbocycles. The summed E-state index contributed by atoms with van der Waals surface area (Å²) in [7, 11) is 0. The molecule has 2 aromatic rings. The Morgan fingerprint density at radius 1 is 1.19 bits per heavy atom. The molecule has 0 bridgehead atoms. The van der Waals surface area contributed by atoms with Gasteiger partial charge in [0.1, 0.15) is 0 Å². The highest BCUT2D eigenvalue weighted by atomic mass is 79.9. The second-order valence-electron chi connectivity index (χ2n) is 4.30. The van der Waals surface area contributed by atoms with Crippen LogP contribution in [0, 0.1) is 11.6 Å². The largest absolute Gasteiger partial charge is 0.399 e. The van der Waals surface area contributed by atoms with Gasteiger partial charge >= 0.3 is 0 Å². The lowest BCUT2D eigenvalue weighted by Crippen LogP contribution is -2.16. The van der Waals surface area contributed by atoms with E-state index in [0.717, 1.165) is 6.07 Å². The summed E-state index contributed by atoms with van der Waals surface area (Å²) < 4.78 is 27.8. The summed E-state index contributed by atoms with van der Waals surface area (Å²) >= 11 is 6.56. The van der Waals surface area contributed by atoms with Gasteiger partial charge in [-0.15, -0.1) is 0 Å². The first kappa shape index (κ1) is 15.9. The summed E-state index contributed by atoms with van der Waals surface area (Å²) in [6.07, 6.45) is -0.271. The average molecular weight is 420 g/mol. The van der Waals surface area contributed by atoms with E-state index >= 15 is 0 Å². The molecule has 3 N–H and O–H groups in total. The van der Waals surface area contributed by atoms with Gasteiger partial charge in [-0.05, 0) is 50.1 Å². The van der Waals surface area contributed by atoms with E-state index in [1.807, 2.05) is 0 Å². The molecule has 0 aliphatic rings. The first-order valence-electron chi connectivity index (χ1n) is 5.85. The average Bonchev–Trinajstić information content (AvgIpc) is 2.39. The van der Waals surface area contributed by atoms with Crippen LogP contribution in [0.5, 0.6) is 0 Å². The molecule has 3 nitrogen and oxygen atoms in total. The first-order chi connectivity index (χ1) is 9.88. The highest BCUT2D eigenvalue weighted by Gasteiger charge is 2.14. The standard InChI is InChI=1S/C14H10Br2F2N2O/c15-9-5-8(19)6-10(16)14(9)20-12(21)4-7-2-1-3-11(17)13(7)18/h1-3,5-6H,4,19H2,(H,20,21). The third kappa shape index (κ3) is 3.79. The number of nitrogen functional groups attached to an aromatic ring is 1. The quantitative estimate of drug-likeness (QED) is 0.730. The van der Waals surface area contributed by atoms with E-state index in [2.05, 4.69) is 37.2 Å². The predicted molar refractivity (Wildman–Crippen MR) is 84.9 cm³/mol. The van der Waals surface area contributed by atoms with E-state index in [-0.39, 0.29) is 12.0 Å². The minimum absolute atomic E-state index is 0.00445. The van der Waals surface area contributed by atoms with Crippen molar-refractivity contribution >= 4 is 49.1 Å². The summed E-state index contributed by atoms with van der Waals surface area (Å²) in [5, 5.41) is 2.62. The number of anilines is 2. The van der Waals surface area contributed by atoms with Crippen LogP contribution in [0.4, 0.5) is 20.2 Å². The van der Waals surface area contributed by atoms with Crippen LogP contribution in [-0.2, 0) is 11.2 Å². The Hall–Kier alpha value is -1.47. The van der Waals surface area contributed by atoms with Crippen molar-refractivity contribution in [3.8, 4) is 0 Å². The molecule has 0 aliphatic carbocycles. The number of halogens is 4. The number of nitrogens with one attached hydrogen (secondary N) is 1. The third-order valence-electron chi connectivity index (χ3n) is 2.71. The van der Waals surface area contributed by atoms with E-state index in [0.29, 0.717) is 20.3 Å². The highest BCUT2D eigenvalue weighted by Crippen LogP contribution is 2.33. The second-order valence-corrected chi connectivity index (χ2v) is 6.01. The van der Waals surface area contributed by atoms with Crippen molar-refractivity contribution in [3.63, 3.8) is 0 Å². The minimum Gasteiger partial charge on any atom is -0.399 e. The van der Waals surface area contributed by atoms with Gasteiger partial charge in [-0.2, -0.15) is 0 Å². The molecule has 0 fully saturated rings. The molecular formula is C14H10Br2F2N2O. The Labute approximate surface area is 136 Å². The summed E-state index contributed by atoms with van der Waals surface area (Å²) in [5.41, 5.74) is 6.65. The van der Waals surface area contributed by atoms with Gasteiger partial charge in [-0.1, -0.05) is 12.1 Å². The molecule has 110 valence electrons. The molecular weight excluding hydrogens is 410 g/mol. The van der Waals surface area contributed by atoms with Gasteiger partial charge < -0.3 is 11.1 Å². The summed E-state index contributed by atoms with van der Waals surface area (Å²) in [4.78, 5) is 12.0. The fourth-order valence-electron chi connectivity index (χ4n) is 1.75. The maximum atomic E-state index is 13.5. The molecule has 0 unspecified atom stereocenters. The number of amides is 1. The molecule has 0 radical (unpaired) electrons. The van der Waals surface area contributed by atoms with E-state index in [4.69, 9.17) is 5.73 Å². The lowest BCUT2D eigenvalue weighted by Gasteiger charge is -2.11. The van der Waals surface area contributed by atoms with Gasteiger partial charge in [-0.25, -0.2) is 8.78 Å². The van der Waals surface area contributed by atoms with Crippen molar-refractivity contribution in [2.45, 2.75) is 6.42 Å². The highest BCUT2D eigenvalue weighted by molar-refractivity contribution is 9.11. The van der Waals surface area contributed by atoms with Crippen LogP contribution in [-0.4, -0.2) is 5.91 Å². The topological polar surface area (TPSA) is 55.1 Å². The van der Waals surface area contributed by atoms with Gasteiger partial charge in [0.25, 0.3) is 0 Å². The molecule has 7 heteroatoms. The fraction of sp³-hybridized carbons (Fsp3) is 0.0714. The number of carbonyl (C=O) groups excluding carboxylic acids is 1. The smallest absolute Gasteiger partial charge is 0.228 e. The number of nitrogens with two attached hydrogens (primary N) is 1. The predicted octanol–water partition coefficient (Wildman–Crippen LogP) is 4.25. The van der Waals surface area contributed by atoms with Crippen LogP contribution in [0.2, 0.25) is 0 Å². The molecule has 0 atom stereocenters. The number of rotatable bonds is 3. The van der Waals surface area contributed by atoms with Gasteiger partial charge in [0, 0.05) is 20.2 Å². The van der Waals surface area contributed by atoms with Crippen LogP contribution < -0.4 is 11.1 Å². The zero-order valence-corrected chi connectivity index (χ0v) is 13.8. The fourth-order valence-corrected chi connectivity index (χ4v) is 3.17. The Morgan fingerprint density at radius 2 is 1.81 bits per heavy atom. The maximum absolute atomic E-state index is 13.5. The minimum atomic E-state index is -1.01. The van der Waals surface area contributed by atoms with Crippen molar-refractivity contribution in [3.05, 3.63) is 56.5 Å². The Balaban J connectivity index is 2.18. The van der Waals surface area contributed by atoms with E-state index in [1.165, 1.54) is 12.1 Å². The van der Waals surface area contributed by atoms with Crippen LogP contribution >= 0.6 is 31.9 Å². The lowest BCUT2D eigenvalue weighted by molar-refractivity contribution is -0.115. The van der Waals surface area contributed by atoms with Gasteiger partial charge in [0.2, 0.25) is 5.91 Å². The van der Waals surface area contributed by atoms with Crippen molar-refractivity contribution in [1.29, 1.82) is 0 Å². The van der Waals surface area contributed by atoms with Crippen LogP contribution in [0.15, 0.2) is 39.3 Å². The number of hydrogen-bond acceptors (Lipinski definition) is 2. The molecule has 2 rings (SSSR count). The van der Waals surface area contributed by atoms with E-state index in [9.17, 15) is 13.6 Å². The molecule has 2 aromatic carbocycles. The van der Waals surface area contributed by atoms with Gasteiger partial charge in [0.05, 0.1) is 12.1 Å².